The van der Waals surface area contributed by atoms with E-state index >= 15 is 0 Å². The zero-order valence-corrected chi connectivity index (χ0v) is 9.15. The van der Waals surface area contributed by atoms with Gasteiger partial charge in [0.25, 0.3) is 0 Å². The van der Waals surface area contributed by atoms with Crippen molar-refractivity contribution >= 4 is 5.97 Å². The molecule has 2 rings (SSSR count). The molecule has 1 aliphatic rings. The Morgan fingerprint density at radius 2 is 1.88 bits per heavy atom. The van der Waals surface area contributed by atoms with Crippen molar-refractivity contribution in [1.29, 1.82) is 0 Å². The summed E-state index contributed by atoms with van der Waals surface area (Å²) in [6, 6.07) is 5.00. The number of rotatable bonds is 2. The number of carboxylic acid groups (broad SMARTS) is 1. The Hall–Kier alpha value is -1.51. The van der Waals surface area contributed by atoms with Crippen LogP contribution in [0.2, 0.25) is 0 Å². The number of hydrogen-bond acceptors (Lipinski definition) is 2. The molecule has 0 bridgehead atoms. The minimum absolute atomic E-state index is 0.0920. The van der Waals surface area contributed by atoms with E-state index in [-0.39, 0.29) is 11.3 Å². The van der Waals surface area contributed by atoms with Crippen LogP contribution in [-0.4, -0.2) is 16.2 Å². The van der Waals surface area contributed by atoms with Crippen LogP contribution in [0.1, 0.15) is 53.9 Å². The van der Waals surface area contributed by atoms with E-state index in [1.165, 1.54) is 12.5 Å². The Morgan fingerprint density at radius 1 is 1.19 bits per heavy atom. The van der Waals surface area contributed by atoms with E-state index in [2.05, 4.69) is 0 Å². The second-order valence-electron chi connectivity index (χ2n) is 4.38. The normalized spacial score (nSPS) is 17.2. The standard InChI is InChI=1S/C13H16O3/c14-11-8-4-7-10(12(11)13(15)16)9-5-2-1-3-6-9/h4,7-9,14H,1-3,5-6H2,(H,15,16). The van der Waals surface area contributed by atoms with Gasteiger partial charge in [0, 0.05) is 0 Å². The fourth-order valence-corrected chi connectivity index (χ4v) is 2.54. The zero-order chi connectivity index (χ0) is 11.5. The summed E-state index contributed by atoms with van der Waals surface area (Å²) in [6.07, 6.45) is 5.60. The van der Waals surface area contributed by atoms with Crippen molar-refractivity contribution in [2.75, 3.05) is 0 Å². The maximum Gasteiger partial charge on any atom is 0.339 e. The van der Waals surface area contributed by atoms with Gasteiger partial charge in [0.1, 0.15) is 11.3 Å². The highest BCUT2D eigenvalue weighted by atomic mass is 16.4. The number of aromatic carboxylic acids is 1. The van der Waals surface area contributed by atoms with Crippen LogP contribution < -0.4 is 0 Å². The predicted octanol–water partition coefficient (Wildman–Crippen LogP) is 3.14. The molecule has 3 nitrogen and oxygen atoms in total. The van der Waals surface area contributed by atoms with Crippen molar-refractivity contribution in [3.63, 3.8) is 0 Å². The van der Waals surface area contributed by atoms with Crippen LogP contribution in [0.3, 0.4) is 0 Å². The van der Waals surface area contributed by atoms with Gasteiger partial charge in [0.2, 0.25) is 0 Å². The Balaban J connectivity index is 2.38. The maximum atomic E-state index is 11.1. The first-order valence-corrected chi connectivity index (χ1v) is 5.75. The molecular weight excluding hydrogens is 204 g/mol. The summed E-state index contributed by atoms with van der Waals surface area (Å²) < 4.78 is 0. The van der Waals surface area contributed by atoms with Gasteiger partial charge in [0.05, 0.1) is 0 Å². The Morgan fingerprint density at radius 3 is 2.50 bits per heavy atom. The highest BCUT2D eigenvalue weighted by molar-refractivity contribution is 5.92. The lowest BCUT2D eigenvalue weighted by molar-refractivity contribution is 0.0691. The van der Waals surface area contributed by atoms with E-state index in [1.807, 2.05) is 6.07 Å². The van der Waals surface area contributed by atoms with Crippen LogP contribution in [0.15, 0.2) is 18.2 Å². The predicted molar refractivity (Wildman–Crippen MR) is 60.9 cm³/mol. The quantitative estimate of drug-likeness (QED) is 0.805. The van der Waals surface area contributed by atoms with Gasteiger partial charge in [-0.15, -0.1) is 0 Å². The minimum Gasteiger partial charge on any atom is -0.507 e. The molecule has 0 radical (unpaired) electrons. The molecule has 2 N–H and O–H groups in total. The van der Waals surface area contributed by atoms with Crippen molar-refractivity contribution in [2.45, 2.75) is 38.0 Å². The molecule has 1 aromatic carbocycles. The van der Waals surface area contributed by atoms with Crippen molar-refractivity contribution in [3.8, 4) is 5.75 Å². The fourth-order valence-electron chi connectivity index (χ4n) is 2.54. The van der Waals surface area contributed by atoms with E-state index in [0.717, 1.165) is 31.2 Å². The topological polar surface area (TPSA) is 57.5 Å². The molecule has 0 unspecified atom stereocenters. The van der Waals surface area contributed by atoms with Gasteiger partial charge >= 0.3 is 5.97 Å². The van der Waals surface area contributed by atoms with Gasteiger partial charge in [-0.1, -0.05) is 31.4 Å². The molecular formula is C13H16O3. The summed E-state index contributed by atoms with van der Waals surface area (Å²) in [5.74, 6) is -0.846. The highest BCUT2D eigenvalue weighted by Crippen LogP contribution is 2.36. The number of carbonyl (C=O) groups is 1. The van der Waals surface area contributed by atoms with Gasteiger partial charge in [-0.2, -0.15) is 0 Å². The Labute approximate surface area is 94.7 Å². The summed E-state index contributed by atoms with van der Waals surface area (Å²) in [7, 11) is 0. The zero-order valence-electron chi connectivity index (χ0n) is 9.15. The van der Waals surface area contributed by atoms with Gasteiger partial charge in [-0.05, 0) is 30.4 Å². The molecule has 1 aliphatic carbocycles. The first kappa shape index (κ1) is 11.0. The fraction of sp³-hybridized carbons (Fsp3) is 0.462. The van der Waals surface area contributed by atoms with Gasteiger partial charge in [0.15, 0.2) is 0 Å². The van der Waals surface area contributed by atoms with E-state index in [1.54, 1.807) is 6.07 Å². The molecule has 1 fully saturated rings. The molecule has 0 amide bonds. The number of phenols is 1. The number of hydrogen-bond donors (Lipinski definition) is 2. The van der Waals surface area contributed by atoms with Crippen LogP contribution in [0.4, 0.5) is 0 Å². The molecule has 3 heteroatoms. The summed E-state index contributed by atoms with van der Waals surface area (Å²) in [5, 5.41) is 18.7. The summed E-state index contributed by atoms with van der Waals surface area (Å²) in [6.45, 7) is 0. The Bertz CT molecular complexity index is 392. The average Bonchev–Trinajstić information content (AvgIpc) is 2.29. The minimum atomic E-state index is -1.03. The second-order valence-corrected chi connectivity index (χ2v) is 4.38. The number of aromatic hydroxyl groups is 1. The first-order chi connectivity index (χ1) is 7.70. The summed E-state index contributed by atoms with van der Waals surface area (Å²) in [4.78, 5) is 11.1. The molecule has 0 spiro atoms. The molecule has 86 valence electrons. The highest BCUT2D eigenvalue weighted by Gasteiger charge is 2.23. The van der Waals surface area contributed by atoms with E-state index in [9.17, 15) is 9.90 Å². The van der Waals surface area contributed by atoms with E-state index in [4.69, 9.17) is 5.11 Å². The molecule has 1 saturated carbocycles. The third-order valence-corrected chi connectivity index (χ3v) is 3.33. The Kier molecular flexibility index (Phi) is 3.13. The van der Waals surface area contributed by atoms with Crippen molar-refractivity contribution in [1.82, 2.24) is 0 Å². The molecule has 0 atom stereocenters. The lowest BCUT2D eigenvalue weighted by atomic mass is 9.82. The third kappa shape index (κ3) is 2.03. The van der Waals surface area contributed by atoms with Crippen molar-refractivity contribution < 1.29 is 15.0 Å². The van der Waals surface area contributed by atoms with Gasteiger partial charge in [-0.25, -0.2) is 4.79 Å². The van der Waals surface area contributed by atoms with Crippen molar-refractivity contribution in [2.24, 2.45) is 0 Å². The second kappa shape index (κ2) is 4.56. The number of carboxylic acids is 1. The molecule has 0 aliphatic heterocycles. The van der Waals surface area contributed by atoms with Crippen LogP contribution in [0.5, 0.6) is 5.75 Å². The SMILES string of the molecule is O=C(O)c1c(O)cccc1C1CCCCC1. The molecule has 1 aromatic rings. The lowest BCUT2D eigenvalue weighted by Crippen LogP contribution is -2.10. The smallest absolute Gasteiger partial charge is 0.339 e. The van der Waals surface area contributed by atoms with Crippen LogP contribution >= 0.6 is 0 Å². The first-order valence-electron chi connectivity index (χ1n) is 5.75. The van der Waals surface area contributed by atoms with Crippen LogP contribution in [0.25, 0.3) is 0 Å². The number of benzene rings is 1. The third-order valence-electron chi connectivity index (χ3n) is 3.33. The lowest BCUT2D eigenvalue weighted by Gasteiger charge is -2.23. The molecule has 0 aromatic heterocycles. The average molecular weight is 220 g/mol. The summed E-state index contributed by atoms with van der Waals surface area (Å²) in [5.41, 5.74) is 0.890. The molecule has 16 heavy (non-hydrogen) atoms. The van der Waals surface area contributed by atoms with Crippen LogP contribution in [-0.2, 0) is 0 Å². The van der Waals surface area contributed by atoms with Crippen molar-refractivity contribution in [3.05, 3.63) is 29.3 Å². The van der Waals surface area contributed by atoms with Gasteiger partial charge in [-0.3, -0.25) is 0 Å². The monoisotopic (exact) mass is 220 g/mol. The van der Waals surface area contributed by atoms with E-state index < -0.39 is 5.97 Å². The molecule has 0 saturated heterocycles. The van der Waals surface area contributed by atoms with Gasteiger partial charge < -0.3 is 10.2 Å². The van der Waals surface area contributed by atoms with Crippen LogP contribution in [0, 0.1) is 0 Å². The maximum absolute atomic E-state index is 11.1. The molecule has 0 heterocycles. The van der Waals surface area contributed by atoms with E-state index in [0.29, 0.717) is 5.92 Å². The summed E-state index contributed by atoms with van der Waals surface area (Å²) >= 11 is 0. The largest absolute Gasteiger partial charge is 0.507 e.